The Hall–Kier alpha value is -0.0800. The molecule has 0 N–H and O–H groups in total. The molecule has 1 aliphatic rings. The van der Waals surface area contributed by atoms with Crippen molar-refractivity contribution in [2.45, 2.75) is 51.7 Å². The molecule has 0 aromatic carbocycles. The van der Waals surface area contributed by atoms with Crippen molar-refractivity contribution in [1.82, 2.24) is 9.80 Å². The maximum atomic E-state index is 2.54. The van der Waals surface area contributed by atoms with Crippen LogP contribution < -0.4 is 0 Å². The van der Waals surface area contributed by atoms with Crippen molar-refractivity contribution in [3.05, 3.63) is 0 Å². The Bertz CT molecular complexity index is 148. The summed E-state index contributed by atoms with van der Waals surface area (Å²) in [7, 11) is 4.50. The molecule has 1 saturated heterocycles. The van der Waals surface area contributed by atoms with Gasteiger partial charge in [0.25, 0.3) is 0 Å². The lowest BCUT2D eigenvalue weighted by atomic mass is 10.1. The van der Waals surface area contributed by atoms with Crippen LogP contribution in [0, 0.1) is 0 Å². The Morgan fingerprint density at radius 1 is 1.54 bits per heavy atom. The average Bonchev–Trinajstić information content (AvgIpc) is 2.44. The van der Waals surface area contributed by atoms with Crippen molar-refractivity contribution in [3.63, 3.8) is 0 Å². The van der Waals surface area contributed by atoms with Gasteiger partial charge in [-0.05, 0) is 40.8 Å². The molecule has 3 unspecified atom stereocenters. The van der Waals surface area contributed by atoms with E-state index < -0.39 is 0 Å². The zero-order valence-electron chi connectivity index (χ0n) is 9.75. The third-order valence-corrected chi connectivity index (χ3v) is 3.73. The molecular formula is C11H24N2. The molecule has 1 aliphatic heterocycles. The minimum Gasteiger partial charge on any atom is -0.302 e. The molecule has 0 aromatic heterocycles. The van der Waals surface area contributed by atoms with Crippen LogP contribution in [0.5, 0.6) is 0 Å². The molecule has 0 aliphatic carbocycles. The van der Waals surface area contributed by atoms with Crippen molar-refractivity contribution in [2.24, 2.45) is 0 Å². The van der Waals surface area contributed by atoms with Crippen LogP contribution in [0.1, 0.15) is 33.6 Å². The zero-order chi connectivity index (χ0) is 10.0. The van der Waals surface area contributed by atoms with Crippen molar-refractivity contribution < 1.29 is 0 Å². The lowest BCUT2D eigenvalue weighted by Gasteiger charge is -2.29. The number of likely N-dealkylation sites (tertiary alicyclic amines) is 1. The first-order chi connectivity index (χ1) is 6.06. The van der Waals surface area contributed by atoms with Gasteiger partial charge in [0, 0.05) is 24.7 Å². The van der Waals surface area contributed by atoms with E-state index in [0.717, 1.165) is 18.1 Å². The summed E-state index contributed by atoms with van der Waals surface area (Å²) in [6.07, 6.45) is 2.59. The zero-order valence-corrected chi connectivity index (χ0v) is 9.75. The van der Waals surface area contributed by atoms with Gasteiger partial charge >= 0.3 is 0 Å². The fraction of sp³-hybridized carbons (Fsp3) is 1.00. The van der Waals surface area contributed by atoms with E-state index in [1.807, 2.05) is 0 Å². The van der Waals surface area contributed by atoms with Gasteiger partial charge in [0.2, 0.25) is 0 Å². The predicted molar refractivity (Wildman–Crippen MR) is 58.0 cm³/mol. The van der Waals surface area contributed by atoms with Crippen LogP contribution in [-0.4, -0.2) is 48.6 Å². The molecule has 1 rings (SSSR count). The van der Waals surface area contributed by atoms with Crippen LogP contribution in [-0.2, 0) is 0 Å². The van der Waals surface area contributed by atoms with Crippen molar-refractivity contribution >= 4 is 0 Å². The highest BCUT2D eigenvalue weighted by atomic mass is 15.3. The summed E-state index contributed by atoms with van der Waals surface area (Å²) in [5.41, 5.74) is 0. The van der Waals surface area contributed by atoms with Gasteiger partial charge in [0.1, 0.15) is 0 Å². The lowest BCUT2D eigenvalue weighted by molar-refractivity contribution is 0.182. The summed E-state index contributed by atoms with van der Waals surface area (Å²) in [6.45, 7) is 8.15. The number of likely N-dealkylation sites (N-methyl/N-ethyl adjacent to an activating group) is 2. The monoisotopic (exact) mass is 184 g/mol. The highest BCUT2D eigenvalue weighted by Gasteiger charge is 2.30. The fourth-order valence-electron chi connectivity index (χ4n) is 2.10. The molecule has 1 fully saturated rings. The molecule has 1 heterocycles. The molecule has 0 aromatic rings. The van der Waals surface area contributed by atoms with E-state index in [0.29, 0.717) is 0 Å². The summed E-state index contributed by atoms with van der Waals surface area (Å²) in [6, 6.07) is 2.26. The molecule has 0 amide bonds. The molecule has 3 atom stereocenters. The minimum absolute atomic E-state index is 0.726. The second kappa shape index (κ2) is 4.43. The van der Waals surface area contributed by atoms with Gasteiger partial charge in [0.15, 0.2) is 0 Å². The number of nitrogens with zero attached hydrogens (tertiary/aromatic N) is 2. The maximum absolute atomic E-state index is 2.54. The molecule has 13 heavy (non-hydrogen) atoms. The smallest absolute Gasteiger partial charge is 0.0237 e. The SMILES string of the molecule is CCC(C)N(C)C1CC(C)N(C)C1. The van der Waals surface area contributed by atoms with Crippen molar-refractivity contribution in [2.75, 3.05) is 20.6 Å². The van der Waals surface area contributed by atoms with E-state index in [-0.39, 0.29) is 0 Å². The van der Waals surface area contributed by atoms with Crippen LogP contribution in [0.15, 0.2) is 0 Å². The third-order valence-electron chi connectivity index (χ3n) is 3.73. The minimum atomic E-state index is 0.726. The van der Waals surface area contributed by atoms with Crippen LogP contribution in [0.2, 0.25) is 0 Å². The van der Waals surface area contributed by atoms with E-state index >= 15 is 0 Å². The molecule has 0 spiro atoms. The standard InChI is InChI=1S/C11H24N2/c1-6-9(2)13(5)11-7-10(3)12(4)8-11/h9-11H,6-8H2,1-5H3. The largest absolute Gasteiger partial charge is 0.302 e. The predicted octanol–water partition coefficient (Wildman–Crippen LogP) is 1.81. The Morgan fingerprint density at radius 3 is 2.54 bits per heavy atom. The van der Waals surface area contributed by atoms with Crippen molar-refractivity contribution in [3.8, 4) is 0 Å². The summed E-state index contributed by atoms with van der Waals surface area (Å²) in [4.78, 5) is 5.00. The molecule has 0 radical (unpaired) electrons. The summed E-state index contributed by atoms with van der Waals surface area (Å²) in [5.74, 6) is 0. The van der Waals surface area contributed by atoms with Gasteiger partial charge in [-0.1, -0.05) is 6.92 Å². The third kappa shape index (κ3) is 2.44. The van der Waals surface area contributed by atoms with Gasteiger partial charge < -0.3 is 4.90 Å². The van der Waals surface area contributed by atoms with Crippen LogP contribution >= 0.6 is 0 Å². The topological polar surface area (TPSA) is 6.48 Å². The summed E-state index contributed by atoms with van der Waals surface area (Å²) >= 11 is 0. The molecule has 0 bridgehead atoms. The summed E-state index contributed by atoms with van der Waals surface area (Å²) < 4.78 is 0. The first kappa shape index (κ1) is 11.0. The van der Waals surface area contributed by atoms with E-state index in [1.165, 1.54) is 19.4 Å². The molecular weight excluding hydrogens is 160 g/mol. The summed E-state index contributed by atoms with van der Waals surface area (Å²) in [5, 5.41) is 0. The van der Waals surface area contributed by atoms with Crippen molar-refractivity contribution in [1.29, 1.82) is 0 Å². The maximum Gasteiger partial charge on any atom is 0.0237 e. The average molecular weight is 184 g/mol. The van der Waals surface area contributed by atoms with Gasteiger partial charge in [-0.15, -0.1) is 0 Å². The van der Waals surface area contributed by atoms with E-state index in [1.54, 1.807) is 0 Å². The Labute approximate surface area is 82.9 Å². The molecule has 2 heteroatoms. The van der Waals surface area contributed by atoms with Crippen LogP contribution in [0.25, 0.3) is 0 Å². The normalized spacial score (nSPS) is 32.8. The first-order valence-corrected chi connectivity index (χ1v) is 5.48. The molecule has 0 saturated carbocycles. The molecule has 78 valence electrons. The van der Waals surface area contributed by atoms with E-state index in [2.05, 4.69) is 44.7 Å². The Kier molecular flexibility index (Phi) is 3.74. The van der Waals surface area contributed by atoms with Crippen LogP contribution in [0.3, 0.4) is 0 Å². The highest BCUT2D eigenvalue weighted by Crippen LogP contribution is 2.21. The van der Waals surface area contributed by atoms with Gasteiger partial charge in [-0.25, -0.2) is 0 Å². The Morgan fingerprint density at radius 2 is 2.15 bits per heavy atom. The second-order valence-electron chi connectivity index (χ2n) is 4.60. The fourth-order valence-corrected chi connectivity index (χ4v) is 2.10. The van der Waals surface area contributed by atoms with Gasteiger partial charge in [0.05, 0.1) is 0 Å². The van der Waals surface area contributed by atoms with E-state index in [4.69, 9.17) is 0 Å². The quantitative estimate of drug-likeness (QED) is 0.660. The number of hydrogen-bond acceptors (Lipinski definition) is 2. The van der Waals surface area contributed by atoms with Gasteiger partial charge in [-0.3, -0.25) is 4.90 Å². The van der Waals surface area contributed by atoms with E-state index in [9.17, 15) is 0 Å². The number of hydrogen-bond donors (Lipinski definition) is 0. The Balaban J connectivity index is 2.45. The highest BCUT2D eigenvalue weighted by molar-refractivity contribution is 4.87. The lowest BCUT2D eigenvalue weighted by Crippen LogP contribution is -2.39. The van der Waals surface area contributed by atoms with Gasteiger partial charge in [-0.2, -0.15) is 0 Å². The molecule has 2 nitrogen and oxygen atoms in total. The second-order valence-corrected chi connectivity index (χ2v) is 4.60. The number of rotatable bonds is 3. The first-order valence-electron chi connectivity index (χ1n) is 5.48. The van der Waals surface area contributed by atoms with Crippen LogP contribution in [0.4, 0.5) is 0 Å².